The highest BCUT2D eigenvalue weighted by Gasteiger charge is 2.04. The zero-order valence-electron chi connectivity index (χ0n) is 8.11. The van der Waals surface area contributed by atoms with Gasteiger partial charge >= 0.3 is 0 Å². The normalized spacial score (nSPS) is 10.4. The minimum absolute atomic E-state index is 0.801. The third-order valence-corrected chi connectivity index (χ3v) is 2.94. The highest BCUT2D eigenvalue weighted by Crippen LogP contribution is 2.25. The number of aromatic nitrogens is 2. The summed E-state index contributed by atoms with van der Waals surface area (Å²) in [6.45, 7) is 3.93. The smallest absolute Gasteiger partial charge is 0.147 e. The fourth-order valence-corrected chi connectivity index (χ4v) is 1.87. The number of aryl methyl sites for hydroxylation is 2. The number of rotatable bonds is 1. The molecule has 0 spiro atoms. The van der Waals surface area contributed by atoms with Gasteiger partial charge in [0.15, 0.2) is 0 Å². The first kappa shape index (κ1) is 9.15. The van der Waals surface area contributed by atoms with Gasteiger partial charge in [-0.3, -0.25) is 0 Å². The van der Waals surface area contributed by atoms with Crippen LogP contribution in [0, 0.1) is 13.8 Å². The molecule has 72 valence electrons. The third-order valence-electron chi connectivity index (χ3n) is 2.05. The fourth-order valence-electron chi connectivity index (χ4n) is 1.19. The molecule has 0 amide bonds. The van der Waals surface area contributed by atoms with Crippen LogP contribution in [0.2, 0.25) is 0 Å². The summed E-state index contributed by atoms with van der Waals surface area (Å²) in [5, 5.41) is 9.94. The molecule has 0 bridgehead atoms. The minimum Gasteiger partial charge on any atom is -0.398 e. The van der Waals surface area contributed by atoms with Crippen LogP contribution in [-0.4, -0.2) is 10.2 Å². The monoisotopic (exact) mass is 205 g/mol. The van der Waals surface area contributed by atoms with Gasteiger partial charge < -0.3 is 5.73 Å². The summed E-state index contributed by atoms with van der Waals surface area (Å²) < 4.78 is 0. The van der Waals surface area contributed by atoms with Crippen LogP contribution in [0.1, 0.15) is 10.6 Å². The fraction of sp³-hybridized carbons (Fsp3) is 0.200. The van der Waals surface area contributed by atoms with Crippen LogP contribution in [0.3, 0.4) is 0 Å². The van der Waals surface area contributed by atoms with E-state index in [1.165, 1.54) is 0 Å². The van der Waals surface area contributed by atoms with Crippen LogP contribution in [0.5, 0.6) is 0 Å². The first-order chi connectivity index (χ1) is 6.66. The van der Waals surface area contributed by atoms with Crippen molar-refractivity contribution in [3.8, 4) is 10.6 Å². The summed E-state index contributed by atoms with van der Waals surface area (Å²) in [5.74, 6) is 0. The van der Waals surface area contributed by atoms with Crippen LogP contribution in [0.4, 0.5) is 5.69 Å². The largest absolute Gasteiger partial charge is 0.398 e. The van der Waals surface area contributed by atoms with Crippen LogP contribution in [0.25, 0.3) is 10.6 Å². The second kappa shape index (κ2) is 3.38. The molecule has 0 fully saturated rings. The molecule has 0 atom stereocenters. The van der Waals surface area contributed by atoms with Crippen molar-refractivity contribution in [3.63, 3.8) is 0 Å². The Labute approximate surface area is 86.6 Å². The maximum Gasteiger partial charge on any atom is 0.147 e. The Bertz CT molecular complexity index is 462. The van der Waals surface area contributed by atoms with E-state index in [1.807, 2.05) is 32.0 Å². The van der Waals surface area contributed by atoms with Crippen molar-refractivity contribution in [1.82, 2.24) is 10.2 Å². The Kier molecular flexibility index (Phi) is 2.21. The Morgan fingerprint density at radius 1 is 1.21 bits per heavy atom. The summed E-state index contributed by atoms with van der Waals surface area (Å²) in [4.78, 5) is 0. The minimum atomic E-state index is 0.801. The highest BCUT2D eigenvalue weighted by atomic mass is 32.1. The topological polar surface area (TPSA) is 51.8 Å². The summed E-state index contributed by atoms with van der Waals surface area (Å²) in [6, 6.07) is 5.96. The lowest BCUT2D eigenvalue weighted by Gasteiger charge is -2.00. The Balaban J connectivity index is 2.47. The molecule has 4 heteroatoms. The van der Waals surface area contributed by atoms with E-state index in [-0.39, 0.29) is 0 Å². The van der Waals surface area contributed by atoms with Crippen molar-refractivity contribution >= 4 is 17.0 Å². The van der Waals surface area contributed by atoms with E-state index in [4.69, 9.17) is 5.73 Å². The van der Waals surface area contributed by atoms with Crippen LogP contribution < -0.4 is 5.73 Å². The maximum absolute atomic E-state index is 5.82. The third kappa shape index (κ3) is 1.61. The first-order valence-electron chi connectivity index (χ1n) is 4.33. The lowest BCUT2D eigenvalue weighted by molar-refractivity contribution is 1.05. The Morgan fingerprint density at radius 3 is 2.57 bits per heavy atom. The second-order valence-electron chi connectivity index (χ2n) is 3.20. The van der Waals surface area contributed by atoms with E-state index in [1.54, 1.807) is 11.3 Å². The lowest BCUT2D eigenvalue weighted by atomic mass is 10.1. The van der Waals surface area contributed by atoms with E-state index in [9.17, 15) is 0 Å². The predicted molar refractivity (Wildman–Crippen MR) is 59.2 cm³/mol. The van der Waals surface area contributed by atoms with Crippen molar-refractivity contribution < 1.29 is 0 Å². The molecular weight excluding hydrogens is 194 g/mol. The van der Waals surface area contributed by atoms with E-state index < -0.39 is 0 Å². The lowest BCUT2D eigenvalue weighted by Crippen LogP contribution is -1.89. The number of nitrogens with two attached hydrogens (primary N) is 1. The molecule has 3 nitrogen and oxygen atoms in total. The number of benzene rings is 1. The molecule has 0 aliphatic heterocycles. The average Bonchev–Trinajstić information content (AvgIpc) is 2.57. The van der Waals surface area contributed by atoms with Crippen LogP contribution in [-0.2, 0) is 0 Å². The maximum atomic E-state index is 5.82. The Hall–Kier alpha value is -1.42. The molecule has 1 heterocycles. The van der Waals surface area contributed by atoms with Crippen molar-refractivity contribution in [2.24, 2.45) is 0 Å². The number of anilines is 1. The molecule has 1 aromatic carbocycles. The van der Waals surface area contributed by atoms with Gasteiger partial charge in [-0.15, -0.1) is 10.2 Å². The standard InChI is InChI=1S/C10H11N3S/c1-6-3-4-8(5-9(6)11)10-13-12-7(2)14-10/h3-5H,11H2,1-2H3. The van der Waals surface area contributed by atoms with Crippen molar-refractivity contribution in [2.45, 2.75) is 13.8 Å². The van der Waals surface area contributed by atoms with Crippen molar-refractivity contribution in [1.29, 1.82) is 0 Å². The van der Waals surface area contributed by atoms with Gasteiger partial charge in [-0.2, -0.15) is 0 Å². The summed E-state index contributed by atoms with van der Waals surface area (Å²) in [6.07, 6.45) is 0. The first-order valence-corrected chi connectivity index (χ1v) is 5.15. The highest BCUT2D eigenvalue weighted by molar-refractivity contribution is 7.14. The SMILES string of the molecule is Cc1nnc(-c2ccc(C)c(N)c2)s1. The molecular formula is C10H11N3S. The van der Waals surface area contributed by atoms with Gasteiger partial charge in [0.05, 0.1) is 0 Å². The van der Waals surface area contributed by atoms with Crippen LogP contribution in [0.15, 0.2) is 18.2 Å². The van der Waals surface area contributed by atoms with Crippen molar-refractivity contribution in [3.05, 3.63) is 28.8 Å². The van der Waals surface area contributed by atoms with Gasteiger partial charge in [0.1, 0.15) is 10.0 Å². The average molecular weight is 205 g/mol. The Morgan fingerprint density at radius 2 is 2.00 bits per heavy atom. The van der Waals surface area contributed by atoms with Crippen molar-refractivity contribution in [2.75, 3.05) is 5.73 Å². The number of nitrogen functional groups attached to an aromatic ring is 1. The molecule has 0 aliphatic rings. The molecule has 1 aromatic heterocycles. The molecule has 2 aromatic rings. The zero-order chi connectivity index (χ0) is 10.1. The second-order valence-corrected chi connectivity index (χ2v) is 4.38. The van der Waals surface area contributed by atoms with E-state index in [2.05, 4.69) is 10.2 Å². The van der Waals surface area contributed by atoms with Gasteiger partial charge in [0.25, 0.3) is 0 Å². The van der Waals surface area contributed by atoms with E-state index in [0.717, 1.165) is 26.8 Å². The molecule has 14 heavy (non-hydrogen) atoms. The molecule has 0 radical (unpaired) electrons. The van der Waals surface area contributed by atoms with Gasteiger partial charge in [0.2, 0.25) is 0 Å². The summed E-state index contributed by atoms with van der Waals surface area (Å²) in [7, 11) is 0. The molecule has 0 saturated carbocycles. The molecule has 0 unspecified atom stereocenters. The van der Waals surface area contributed by atoms with Crippen LogP contribution >= 0.6 is 11.3 Å². The quantitative estimate of drug-likeness (QED) is 0.727. The molecule has 0 aliphatic carbocycles. The van der Waals surface area contributed by atoms with Gasteiger partial charge in [-0.05, 0) is 25.5 Å². The number of nitrogens with zero attached hydrogens (tertiary/aromatic N) is 2. The number of hydrogen-bond acceptors (Lipinski definition) is 4. The zero-order valence-corrected chi connectivity index (χ0v) is 8.93. The molecule has 0 saturated heterocycles. The van der Waals surface area contributed by atoms with E-state index >= 15 is 0 Å². The molecule has 2 rings (SSSR count). The number of hydrogen-bond donors (Lipinski definition) is 1. The molecule has 2 N–H and O–H groups in total. The predicted octanol–water partition coefficient (Wildman–Crippen LogP) is 2.40. The summed E-state index contributed by atoms with van der Waals surface area (Å²) in [5.41, 5.74) is 8.76. The summed E-state index contributed by atoms with van der Waals surface area (Å²) >= 11 is 1.58. The van der Waals surface area contributed by atoms with Gasteiger partial charge in [0, 0.05) is 11.3 Å². The van der Waals surface area contributed by atoms with Gasteiger partial charge in [-0.1, -0.05) is 23.5 Å². The van der Waals surface area contributed by atoms with Gasteiger partial charge in [-0.25, -0.2) is 0 Å². The van der Waals surface area contributed by atoms with E-state index in [0.29, 0.717) is 0 Å².